The molecule has 2 N–H and O–H groups in total. The van der Waals surface area contributed by atoms with E-state index in [2.05, 4.69) is 38.1 Å². The lowest BCUT2D eigenvalue weighted by molar-refractivity contribution is 0.463. The van der Waals surface area contributed by atoms with Gasteiger partial charge in [0.2, 0.25) is 0 Å². The molecule has 0 saturated carbocycles. The van der Waals surface area contributed by atoms with Crippen LogP contribution in [0.25, 0.3) is 0 Å². The van der Waals surface area contributed by atoms with Crippen molar-refractivity contribution in [2.45, 2.75) is 38.5 Å². The molecule has 0 heterocycles. The Morgan fingerprint density at radius 3 is 1.42 bits per heavy atom. The summed E-state index contributed by atoms with van der Waals surface area (Å²) < 4.78 is 0. The molecule has 3 rings (SSSR count). The number of benzene rings is 3. The minimum Gasteiger partial charge on any atom is -0.508 e. The average Bonchev–Trinajstić information content (AvgIpc) is 2.66. The smallest absolute Gasteiger partial charge is 0.119 e. The van der Waals surface area contributed by atoms with Crippen LogP contribution in [0.1, 0.15) is 60.8 Å². The minimum absolute atomic E-state index is 0.151. The molecule has 0 aliphatic heterocycles. The van der Waals surface area contributed by atoms with Gasteiger partial charge in [0.05, 0.1) is 0 Å². The Bertz CT molecular complexity index is 801. The number of para-hydroxylation sites is 2. The third kappa shape index (κ3) is 3.60. The monoisotopic (exact) mass is 346 g/mol. The van der Waals surface area contributed by atoms with Gasteiger partial charge in [-0.1, -0.05) is 74.5 Å². The summed E-state index contributed by atoms with van der Waals surface area (Å²) >= 11 is 0. The van der Waals surface area contributed by atoms with Gasteiger partial charge in [-0.3, -0.25) is 0 Å². The van der Waals surface area contributed by atoms with Gasteiger partial charge in [0, 0.05) is 23.0 Å². The molecule has 26 heavy (non-hydrogen) atoms. The van der Waals surface area contributed by atoms with E-state index in [-0.39, 0.29) is 11.8 Å². The molecule has 0 aliphatic carbocycles. The molecule has 0 bridgehead atoms. The van der Waals surface area contributed by atoms with Crippen molar-refractivity contribution in [1.29, 1.82) is 0 Å². The van der Waals surface area contributed by atoms with Crippen LogP contribution in [0.2, 0.25) is 0 Å². The van der Waals surface area contributed by atoms with Crippen molar-refractivity contribution in [3.05, 3.63) is 95.1 Å². The fraction of sp³-hybridized carbons (Fsp3) is 0.250. The van der Waals surface area contributed by atoms with E-state index < -0.39 is 0 Å². The lowest BCUT2D eigenvalue weighted by Gasteiger charge is -2.21. The second-order valence-electron chi connectivity index (χ2n) is 6.71. The first-order valence-electron chi connectivity index (χ1n) is 9.31. The summed E-state index contributed by atoms with van der Waals surface area (Å²) in [6, 6.07) is 23.7. The van der Waals surface area contributed by atoms with Crippen LogP contribution in [-0.2, 0) is 0 Å². The lowest BCUT2D eigenvalue weighted by atomic mass is 9.83. The predicted octanol–water partition coefficient (Wildman–Crippen LogP) is 6.18. The molecule has 0 spiro atoms. The molecule has 0 fully saturated rings. The number of phenols is 2. The van der Waals surface area contributed by atoms with Gasteiger partial charge in [0.1, 0.15) is 11.5 Å². The van der Waals surface area contributed by atoms with Crippen molar-refractivity contribution in [3.8, 4) is 11.5 Å². The van der Waals surface area contributed by atoms with Crippen LogP contribution in [0.5, 0.6) is 11.5 Å². The third-order valence-electron chi connectivity index (χ3n) is 5.16. The quantitative estimate of drug-likeness (QED) is 0.559. The SMILES string of the molecule is CCC(c1cccc(C(CC)c2ccccc2O)c1)c1ccccc1O. The molecule has 0 amide bonds. The zero-order valence-corrected chi connectivity index (χ0v) is 15.4. The fourth-order valence-corrected chi connectivity index (χ4v) is 3.83. The number of aromatic hydroxyl groups is 2. The summed E-state index contributed by atoms with van der Waals surface area (Å²) in [4.78, 5) is 0. The van der Waals surface area contributed by atoms with Gasteiger partial charge >= 0.3 is 0 Å². The van der Waals surface area contributed by atoms with Crippen molar-refractivity contribution in [3.63, 3.8) is 0 Å². The molecule has 0 aromatic heterocycles. The van der Waals surface area contributed by atoms with Crippen molar-refractivity contribution in [2.24, 2.45) is 0 Å². The molecule has 2 unspecified atom stereocenters. The maximum atomic E-state index is 10.3. The molecule has 3 aromatic rings. The summed E-state index contributed by atoms with van der Waals surface area (Å²) in [7, 11) is 0. The molecule has 2 nitrogen and oxygen atoms in total. The van der Waals surface area contributed by atoms with E-state index >= 15 is 0 Å². The lowest BCUT2D eigenvalue weighted by Crippen LogP contribution is -2.04. The summed E-state index contributed by atoms with van der Waals surface area (Å²) in [5.41, 5.74) is 4.31. The highest BCUT2D eigenvalue weighted by molar-refractivity contribution is 5.45. The second kappa shape index (κ2) is 8.09. The van der Waals surface area contributed by atoms with Crippen LogP contribution >= 0.6 is 0 Å². The van der Waals surface area contributed by atoms with Gasteiger partial charge in [0.15, 0.2) is 0 Å². The van der Waals surface area contributed by atoms with Crippen molar-refractivity contribution >= 4 is 0 Å². The molecule has 2 heteroatoms. The van der Waals surface area contributed by atoms with Crippen LogP contribution in [-0.4, -0.2) is 10.2 Å². The van der Waals surface area contributed by atoms with E-state index in [1.807, 2.05) is 36.4 Å². The second-order valence-corrected chi connectivity index (χ2v) is 6.71. The standard InChI is InChI=1S/C24H26O2/c1-3-19(21-12-5-7-14-23(21)25)17-10-9-11-18(16-17)20(4-2)22-13-6-8-15-24(22)26/h5-16,19-20,25-26H,3-4H2,1-2H3. The minimum atomic E-state index is 0.151. The van der Waals surface area contributed by atoms with E-state index in [0.717, 1.165) is 24.0 Å². The third-order valence-corrected chi connectivity index (χ3v) is 5.16. The van der Waals surface area contributed by atoms with Gasteiger partial charge < -0.3 is 10.2 Å². The van der Waals surface area contributed by atoms with Crippen LogP contribution in [0.15, 0.2) is 72.8 Å². The van der Waals surface area contributed by atoms with Gasteiger partial charge in [-0.2, -0.15) is 0 Å². The molecule has 0 aliphatic rings. The summed E-state index contributed by atoms with van der Waals surface area (Å²) in [5.74, 6) is 0.992. The predicted molar refractivity (Wildman–Crippen MR) is 107 cm³/mol. The summed E-state index contributed by atoms with van der Waals surface area (Å²) in [6.45, 7) is 4.29. The first-order valence-corrected chi connectivity index (χ1v) is 9.31. The summed E-state index contributed by atoms with van der Waals surface area (Å²) in [5, 5.41) is 20.6. The average molecular weight is 346 g/mol. The van der Waals surface area contributed by atoms with E-state index in [4.69, 9.17) is 0 Å². The Labute approximate surface area is 155 Å². The fourth-order valence-electron chi connectivity index (χ4n) is 3.83. The molecule has 3 aromatic carbocycles. The van der Waals surface area contributed by atoms with Gasteiger partial charge in [0.25, 0.3) is 0 Å². The molecular formula is C24H26O2. The summed E-state index contributed by atoms with van der Waals surface area (Å²) in [6.07, 6.45) is 1.82. The maximum absolute atomic E-state index is 10.3. The van der Waals surface area contributed by atoms with E-state index in [1.54, 1.807) is 12.1 Å². The van der Waals surface area contributed by atoms with E-state index in [1.165, 1.54) is 11.1 Å². The van der Waals surface area contributed by atoms with Crippen LogP contribution in [0, 0.1) is 0 Å². The van der Waals surface area contributed by atoms with Gasteiger partial charge in [-0.05, 0) is 36.1 Å². The molecule has 134 valence electrons. The number of hydrogen-bond donors (Lipinski definition) is 2. The first kappa shape index (κ1) is 18.1. The van der Waals surface area contributed by atoms with Crippen LogP contribution in [0.3, 0.4) is 0 Å². The van der Waals surface area contributed by atoms with E-state index in [0.29, 0.717) is 11.5 Å². The number of hydrogen-bond acceptors (Lipinski definition) is 2. The largest absolute Gasteiger partial charge is 0.508 e. The molecule has 2 atom stereocenters. The highest BCUT2D eigenvalue weighted by Crippen LogP contribution is 2.37. The number of rotatable bonds is 6. The normalized spacial score (nSPS) is 13.3. The zero-order valence-electron chi connectivity index (χ0n) is 15.4. The Hall–Kier alpha value is -2.74. The van der Waals surface area contributed by atoms with Crippen LogP contribution in [0.4, 0.5) is 0 Å². The topological polar surface area (TPSA) is 40.5 Å². The van der Waals surface area contributed by atoms with Crippen LogP contribution < -0.4 is 0 Å². The Balaban J connectivity index is 2.02. The van der Waals surface area contributed by atoms with Crippen molar-refractivity contribution in [1.82, 2.24) is 0 Å². The first-order chi connectivity index (χ1) is 12.7. The molecular weight excluding hydrogens is 320 g/mol. The molecule has 0 radical (unpaired) electrons. The Morgan fingerprint density at radius 1 is 0.615 bits per heavy atom. The maximum Gasteiger partial charge on any atom is 0.119 e. The zero-order chi connectivity index (χ0) is 18.5. The highest BCUT2D eigenvalue weighted by atomic mass is 16.3. The Kier molecular flexibility index (Phi) is 5.62. The highest BCUT2D eigenvalue weighted by Gasteiger charge is 2.19. The molecule has 0 saturated heterocycles. The Morgan fingerprint density at radius 2 is 1.04 bits per heavy atom. The van der Waals surface area contributed by atoms with Gasteiger partial charge in [-0.25, -0.2) is 0 Å². The van der Waals surface area contributed by atoms with Crippen molar-refractivity contribution in [2.75, 3.05) is 0 Å². The van der Waals surface area contributed by atoms with Gasteiger partial charge in [-0.15, -0.1) is 0 Å². The van der Waals surface area contributed by atoms with E-state index in [9.17, 15) is 10.2 Å². The number of phenolic OH excluding ortho intramolecular Hbond substituents is 2. The van der Waals surface area contributed by atoms with Crippen molar-refractivity contribution < 1.29 is 10.2 Å².